The number of H-pyrrole nitrogens is 1. The Morgan fingerprint density at radius 2 is 1.84 bits per heavy atom. The minimum Gasteiger partial charge on any atom is -0.444 e. The van der Waals surface area contributed by atoms with E-state index < -0.39 is 27.9 Å². The van der Waals surface area contributed by atoms with Gasteiger partial charge in [0.15, 0.2) is 5.75 Å². The summed E-state index contributed by atoms with van der Waals surface area (Å²) < 4.78 is 34.4. The molecule has 45 heavy (non-hydrogen) atoms. The number of nitrogens with zero attached hydrogens (tertiary/aromatic N) is 1. The highest BCUT2D eigenvalue weighted by Crippen LogP contribution is 2.31. The van der Waals surface area contributed by atoms with Gasteiger partial charge >= 0.3 is 16.2 Å². The molecule has 5 rings (SSSR count). The molecule has 0 bridgehead atoms. The van der Waals surface area contributed by atoms with Crippen molar-refractivity contribution in [3.63, 3.8) is 0 Å². The van der Waals surface area contributed by atoms with Crippen LogP contribution in [0.3, 0.4) is 0 Å². The third-order valence-corrected chi connectivity index (χ3v) is 8.25. The van der Waals surface area contributed by atoms with E-state index >= 15 is 0 Å². The lowest BCUT2D eigenvalue weighted by atomic mass is 10.0. The number of rotatable bonds is 11. The second-order valence-electron chi connectivity index (χ2n) is 12.6. The highest BCUT2D eigenvalue weighted by atomic mass is 32.2. The molecule has 2 atom stereocenters. The average molecular weight is 635 g/mol. The third-order valence-electron chi connectivity index (χ3n) is 7.77. The van der Waals surface area contributed by atoms with Gasteiger partial charge in [0.25, 0.3) is 0 Å². The van der Waals surface area contributed by atoms with Crippen LogP contribution >= 0.6 is 0 Å². The summed E-state index contributed by atoms with van der Waals surface area (Å²) in [6.45, 7) is 8.94. The first-order valence-corrected chi connectivity index (χ1v) is 16.9. The number of nitrogens with one attached hydrogen (secondary N) is 3. The van der Waals surface area contributed by atoms with Crippen LogP contribution in [0.25, 0.3) is 10.9 Å². The van der Waals surface area contributed by atoms with E-state index in [9.17, 15) is 18.3 Å². The summed E-state index contributed by atoms with van der Waals surface area (Å²) in [5.74, 6) is 0.204. The van der Waals surface area contributed by atoms with Crippen LogP contribution in [0.4, 0.5) is 16.2 Å². The van der Waals surface area contributed by atoms with Gasteiger partial charge in [-0.2, -0.15) is 8.42 Å². The van der Waals surface area contributed by atoms with Crippen molar-refractivity contribution in [1.82, 2.24) is 9.88 Å². The number of para-hydroxylation sites is 1. The second-order valence-corrected chi connectivity index (χ2v) is 14.2. The molecule has 10 nitrogen and oxygen atoms in total. The number of amides is 1. The Labute approximate surface area is 264 Å². The molecular weight excluding hydrogens is 592 g/mol. The summed E-state index contributed by atoms with van der Waals surface area (Å²) in [6, 6.07) is 18.7. The second kappa shape index (κ2) is 13.0. The molecule has 11 heteroatoms. The van der Waals surface area contributed by atoms with Crippen molar-refractivity contribution in [3.8, 4) is 5.75 Å². The smallest absolute Gasteiger partial charge is 0.410 e. The van der Waals surface area contributed by atoms with Crippen LogP contribution in [0.1, 0.15) is 56.1 Å². The van der Waals surface area contributed by atoms with Crippen molar-refractivity contribution in [2.24, 2.45) is 0 Å². The fourth-order valence-corrected chi connectivity index (χ4v) is 6.16. The van der Waals surface area contributed by atoms with Crippen molar-refractivity contribution in [2.75, 3.05) is 30.0 Å². The molecule has 0 saturated carbocycles. The monoisotopic (exact) mass is 634 g/mol. The number of benzene rings is 3. The molecule has 0 aliphatic carbocycles. The summed E-state index contributed by atoms with van der Waals surface area (Å²) in [6.07, 6.45) is 2.71. The molecule has 1 amide bonds. The van der Waals surface area contributed by atoms with Crippen LogP contribution in [-0.2, 0) is 34.2 Å². The van der Waals surface area contributed by atoms with Crippen molar-refractivity contribution in [3.05, 3.63) is 89.1 Å². The molecule has 3 aromatic carbocycles. The molecule has 0 unspecified atom stereocenters. The van der Waals surface area contributed by atoms with Gasteiger partial charge in [0.2, 0.25) is 0 Å². The molecular formula is C34H42N4O6S. The van der Waals surface area contributed by atoms with Crippen molar-refractivity contribution < 1.29 is 27.2 Å². The van der Waals surface area contributed by atoms with Crippen LogP contribution in [0.15, 0.2) is 66.9 Å². The lowest BCUT2D eigenvalue weighted by molar-refractivity contribution is 0.00550. The van der Waals surface area contributed by atoms with Gasteiger partial charge in [-0.05, 0) is 87.1 Å². The number of hydrogen-bond donors (Lipinski definition) is 4. The number of hydrogen-bond acceptors (Lipinski definition) is 8. The SMILES string of the molecule is C[C@H](Cc1c[nH]c2c(OS(C)(=O)=O)cccc12)N(C[C@H](O)c1cccc(NCc2cccc3c2CCN3)c1)C(=O)OC(C)(C)C. The number of carbonyl (C=O) groups is 1. The van der Waals surface area contributed by atoms with E-state index in [2.05, 4.69) is 33.8 Å². The number of carbonyl (C=O) groups excluding carboxylic acids is 1. The van der Waals surface area contributed by atoms with Crippen molar-refractivity contribution in [2.45, 2.75) is 64.8 Å². The van der Waals surface area contributed by atoms with E-state index in [1.54, 1.807) is 44.0 Å². The zero-order valence-corrected chi connectivity index (χ0v) is 27.2. The van der Waals surface area contributed by atoms with E-state index in [0.717, 1.165) is 35.9 Å². The summed E-state index contributed by atoms with van der Waals surface area (Å²) in [5.41, 5.74) is 6.00. The fraction of sp³-hybridized carbons (Fsp3) is 0.382. The Balaban J connectivity index is 1.33. The van der Waals surface area contributed by atoms with Crippen LogP contribution in [-0.4, -0.2) is 60.5 Å². The number of ether oxygens (including phenoxy) is 1. The van der Waals surface area contributed by atoms with Crippen LogP contribution in [0.5, 0.6) is 5.75 Å². The molecule has 4 aromatic rings. The Morgan fingerprint density at radius 1 is 1.09 bits per heavy atom. The van der Waals surface area contributed by atoms with Gasteiger partial charge in [-0.25, -0.2) is 4.79 Å². The van der Waals surface area contributed by atoms with E-state index in [1.807, 2.05) is 37.3 Å². The minimum atomic E-state index is -3.71. The van der Waals surface area contributed by atoms with E-state index in [4.69, 9.17) is 8.92 Å². The molecule has 0 saturated heterocycles. The molecule has 1 aliphatic rings. The maximum atomic E-state index is 13.5. The first-order chi connectivity index (χ1) is 21.3. The maximum absolute atomic E-state index is 13.5. The quantitative estimate of drug-likeness (QED) is 0.148. The topological polar surface area (TPSA) is 133 Å². The lowest BCUT2D eigenvalue weighted by Crippen LogP contribution is -2.45. The van der Waals surface area contributed by atoms with Gasteiger partial charge in [-0.15, -0.1) is 0 Å². The van der Waals surface area contributed by atoms with E-state index in [0.29, 0.717) is 24.0 Å². The van der Waals surface area contributed by atoms with Crippen molar-refractivity contribution in [1.29, 1.82) is 0 Å². The van der Waals surface area contributed by atoms with E-state index in [1.165, 1.54) is 16.8 Å². The minimum absolute atomic E-state index is 0.0161. The molecule has 240 valence electrons. The first-order valence-electron chi connectivity index (χ1n) is 15.1. The van der Waals surface area contributed by atoms with Gasteiger partial charge in [-0.1, -0.05) is 36.4 Å². The van der Waals surface area contributed by atoms with Gasteiger partial charge in [0.1, 0.15) is 5.60 Å². The van der Waals surface area contributed by atoms with Crippen LogP contribution < -0.4 is 14.8 Å². The Kier molecular flexibility index (Phi) is 9.31. The summed E-state index contributed by atoms with van der Waals surface area (Å²) >= 11 is 0. The van der Waals surface area contributed by atoms with Crippen molar-refractivity contribution >= 4 is 38.5 Å². The first kappa shape index (κ1) is 32.2. The summed E-state index contributed by atoms with van der Waals surface area (Å²) in [4.78, 5) is 18.1. The van der Waals surface area contributed by atoms with Gasteiger partial charge in [-0.3, -0.25) is 0 Å². The maximum Gasteiger partial charge on any atom is 0.410 e. The number of anilines is 2. The molecule has 0 spiro atoms. The highest BCUT2D eigenvalue weighted by molar-refractivity contribution is 7.86. The third kappa shape index (κ3) is 8.09. The fourth-order valence-electron chi connectivity index (χ4n) is 5.70. The number of fused-ring (bicyclic) bond motifs is 2. The number of aliphatic hydroxyl groups excluding tert-OH is 1. The molecule has 0 radical (unpaired) electrons. The van der Waals surface area contributed by atoms with Crippen LogP contribution in [0.2, 0.25) is 0 Å². The normalized spacial score (nSPS) is 14.4. The Hall–Kier alpha value is -4.22. The molecule has 1 aliphatic heterocycles. The summed E-state index contributed by atoms with van der Waals surface area (Å²) in [7, 11) is -3.71. The van der Waals surface area contributed by atoms with Gasteiger partial charge in [0, 0.05) is 42.1 Å². The average Bonchev–Trinajstić information content (AvgIpc) is 3.61. The number of aliphatic hydroxyl groups is 1. The van der Waals surface area contributed by atoms with Gasteiger partial charge in [0.05, 0.1) is 24.4 Å². The number of aromatic nitrogens is 1. The zero-order valence-electron chi connectivity index (χ0n) is 26.4. The molecule has 2 heterocycles. The predicted molar refractivity (Wildman–Crippen MR) is 177 cm³/mol. The molecule has 0 fully saturated rings. The van der Waals surface area contributed by atoms with Crippen LogP contribution in [0, 0.1) is 0 Å². The highest BCUT2D eigenvalue weighted by Gasteiger charge is 2.29. The standard InChI is InChI=1S/C34H42N4O6S/c1-22(17-25-20-37-32-28(25)12-8-14-31(32)44-45(5,41)42)38(33(40)43-34(2,3)4)21-30(39)23-9-6-11-26(18-23)36-19-24-10-7-13-29-27(24)15-16-35-29/h6-14,18,20,22,30,35-37,39H,15-17,19,21H2,1-5H3/t22-,30+/m1/s1. The molecule has 1 aromatic heterocycles. The predicted octanol–water partition coefficient (Wildman–Crippen LogP) is 5.99. The Morgan fingerprint density at radius 3 is 2.60 bits per heavy atom. The Bertz CT molecular complexity index is 1780. The molecule has 4 N–H and O–H groups in total. The number of aromatic amines is 1. The largest absolute Gasteiger partial charge is 0.444 e. The van der Waals surface area contributed by atoms with E-state index in [-0.39, 0.29) is 18.3 Å². The van der Waals surface area contributed by atoms with Gasteiger partial charge < -0.3 is 34.5 Å². The zero-order chi connectivity index (χ0) is 32.4. The summed E-state index contributed by atoms with van der Waals surface area (Å²) in [5, 5.41) is 19.1. The lowest BCUT2D eigenvalue weighted by Gasteiger charge is -2.33.